The number of carbonyl (C=O) groups is 1. The van der Waals surface area contributed by atoms with Gasteiger partial charge in [0.1, 0.15) is 5.92 Å². The SMILES string of the molecule is N#CC1CNc2c(Cl)cc([N+](=O)[O-])cc2C1=O. The Morgan fingerprint density at radius 1 is 1.59 bits per heavy atom. The van der Waals surface area contributed by atoms with Gasteiger partial charge in [-0.25, -0.2) is 0 Å². The molecule has 17 heavy (non-hydrogen) atoms. The van der Waals surface area contributed by atoms with Gasteiger partial charge in [-0.1, -0.05) is 11.6 Å². The third-order valence-electron chi connectivity index (χ3n) is 2.51. The minimum Gasteiger partial charge on any atom is -0.381 e. The number of Topliss-reactive ketones (excluding diaryl/α,β-unsaturated/α-hetero) is 1. The summed E-state index contributed by atoms with van der Waals surface area (Å²) < 4.78 is 0. The van der Waals surface area contributed by atoms with Crippen LogP contribution < -0.4 is 5.32 Å². The van der Waals surface area contributed by atoms with Gasteiger partial charge in [0.05, 0.1) is 27.3 Å². The highest BCUT2D eigenvalue weighted by atomic mass is 35.5. The molecule has 0 spiro atoms. The van der Waals surface area contributed by atoms with Crippen LogP contribution in [0.15, 0.2) is 12.1 Å². The van der Waals surface area contributed by atoms with Crippen LogP contribution in [0, 0.1) is 27.4 Å². The van der Waals surface area contributed by atoms with E-state index in [1.165, 1.54) is 6.07 Å². The zero-order valence-corrected chi connectivity index (χ0v) is 9.19. The molecular formula is C10H6ClN3O3. The summed E-state index contributed by atoms with van der Waals surface area (Å²) in [7, 11) is 0. The number of non-ortho nitro benzene ring substituents is 1. The first-order valence-electron chi connectivity index (χ1n) is 4.70. The molecule has 6 nitrogen and oxygen atoms in total. The molecule has 1 aliphatic heterocycles. The molecule has 1 heterocycles. The average molecular weight is 252 g/mol. The van der Waals surface area contributed by atoms with Crippen molar-refractivity contribution in [3.05, 3.63) is 32.8 Å². The second-order valence-corrected chi connectivity index (χ2v) is 3.94. The molecule has 1 aromatic carbocycles. The van der Waals surface area contributed by atoms with E-state index in [1.54, 1.807) is 0 Å². The maximum Gasteiger partial charge on any atom is 0.271 e. The number of halogens is 1. The maximum absolute atomic E-state index is 11.8. The minimum atomic E-state index is -0.833. The summed E-state index contributed by atoms with van der Waals surface area (Å²) in [6.07, 6.45) is 0. The summed E-state index contributed by atoms with van der Waals surface area (Å²) in [4.78, 5) is 21.8. The largest absolute Gasteiger partial charge is 0.381 e. The first kappa shape index (κ1) is 11.4. The summed E-state index contributed by atoms with van der Waals surface area (Å²) in [5.41, 5.74) is 0.193. The highest BCUT2D eigenvalue weighted by Crippen LogP contribution is 2.35. The van der Waals surface area contributed by atoms with Crippen molar-refractivity contribution in [3.63, 3.8) is 0 Å². The van der Waals surface area contributed by atoms with Gasteiger partial charge >= 0.3 is 0 Å². The summed E-state index contributed by atoms with van der Waals surface area (Å²) in [5, 5.41) is 22.3. The fourth-order valence-corrected chi connectivity index (χ4v) is 1.94. The van der Waals surface area contributed by atoms with Crippen LogP contribution in [0.4, 0.5) is 11.4 Å². The average Bonchev–Trinajstić information content (AvgIpc) is 2.30. The Kier molecular flexibility index (Phi) is 2.69. The standard InChI is InChI=1S/C10H6ClN3O3/c11-8-2-6(14(16)17)1-7-9(8)13-4-5(3-12)10(7)15/h1-2,5,13H,4H2. The van der Waals surface area contributed by atoms with E-state index in [0.717, 1.165) is 6.07 Å². The second-order valence-electron chi connectivity index (χ2n) is 3.53. The lowest BCUT2D eigenvalue weighted by Gasteiger charge is -2.21. The van der Waals surface area contributed by atoms with Crippen LogP contribution in [0.3, 0.4) is 0 Å². The number of ketones is 1. The van der Waals surface area contributed by atoms with Crippen molar-refractivity contribution in [3.8, 4) is 6.07 Å². The molecule has 1 atom stereocenters. The molecule has 1 aromatic rings. The number of nitrogens with zero attached hydrogens (tertiary/aromatic N) is 2. The number of nitriles is 1. The van der Waals surface area contributed by atoms with Gasteiger partial charge in [-0.05, 0) is 0 Å². The lowest BCUT2D eigenvalue weighted by atomic mass is 9.93. The molecule has 0 saturated carbocycles. The van der Waals surface area contributed by atoms with Crippen LogP contribution in [-0.2, 0) is 0 Å². The van der Waals surface area contributed by atoms with Crippen molar-refractivity contribution in [1.29, 1.82) is 5.26 Å². The topological polar surface area (TPSA) is 96.0 Å². The van der Waals surface area contributed by atoms with Crippen LogP contribution >= 0.6 is 11.6 Å². The molecule has 0 aliphatic carbocycles. The molecule has 0 fully saturated rings. The zero-order valence-electron chi connectivity index (χ0n) is 8.44. The van der Waals surface area contributed by atoms with Crippen LogP contribution in [0.25, 0.3) is 0 Å². The number of carbonyl (C=O) groups excluding carboxylic acids is 1. The number of nitrogens with one attached hydrogen (secondary N) is 1. The predicted octanol–water partition coefficient (Wildman–Crippen LogP) is 2.00. The highest BCUT2D eigenvalue weighted by Gasteiger charge is 2.30. The molecule has 1 N–H and O–H groups in total. The van der Waals surface area contributed by atoms with E-state index >= 15 is 0 Å². The minimum absolute atomic E-state index is 0.0991. The van der Waals surface area contributed by atoms with Gasteiger partial charge in [0, 0.05) is 18.7 Å². The van der Waals surface area contributed by atoms with Crippen LogP contribution in [0.2, 0.25) is 5.02 Å². The Hall–Kier alpha value is -2.13. The number of hydrogen-bond acceptors (Lipinski definition) is 5. The Bertz CT molecular complexity index is 565. The van der Waals surface area contributed by atoms with Gasteiger partial charge in [0.2, 0.25) is 0 Å². The molecule has 1 unspecified atom stereocenters. The Morgan fingerprint density at radius 3 is 2.88 bits per heavy atom. The number of rotatable bonds is 1. The molecule has 86 valence electrons. The molecule has 0 amide bonds. The van der Waals surface area contributed by atoms with Gasteiger partial charge < -0.3 is 5.32 Å². The van der Waals surface area contributed by atoms with Gasteiger partial charge in [-0.15, -0.1) is 0 Å². The lowest BCUT2D eigenvalue weighted by Crippen LogP contribution is -2.28. The molecule has 0 radical (unpaired) electrons. The normalized spacial score (nSPS) is 17.9. The first-order chi connectivity index (χ1) is 8.04. The summed E-state index contributed by atoms with van der Waals surface area (Å²) in [5.74, 6) is -1.27. The van der Waals surface area contributed by atoms with Crippen molar-refractivity contribution in [2.45, 2.75) is 0 Å². The highest BCUT2D eigenvalue weighted by molar-refractivity contribution is 6.34. The number of benzene rings is 1. The van der Waals surface area contributed by atoms with Crippen molar-refractivity contribution >= 4 is 28.8 Å². The third-order valence-corrected chi connectivity index (χ3v) is 2.80. The zero-order chi connectivity index (χ0) is 12.6. The number of nitro groups is 1. The van der Waals surface area contributed by atoms with E-state index in [-0.39, 0.29) is 22.8 Å². The molecular weight excluding hydrogens is 246 g/mol. The van der Waals surface area contributed by atoms with Gasteiger partial charge in [0.25, 0.3) is 5.69 Å². The number of fused-ring (bicyclic) bond motifs is 1. The molecule has 0 saturated heterocycles. The second kappa shape index (κ2) is 4.03. The fraction of sp³-hybridized carbons (Fsp3) is 0.200. The van der Waals surface area contributed by atoms with E-state index in [2.05, 4.69) is 5.32 Å². The maximum atomic E-state index is 11.8. The van der Waals surface area contributed by atoms with Crippen molar-refractivity contribution in [1.82, 2.24) is 0 Å². The summed E-state index contributed by atoms with van der Waals surface area (Å²) >= 11 is 5.85. The van der Waals surface area contributed by atoms with Gasteiger partial charge in [-0.2, -0.15) is 5.26 Å². The summed E-state index contributed by atoms with van der Waals surface area (Å²) in [6, 6.07) is 4.15. The van der Waals surface area contributed by atoms with E-state index in [1.807, 2.05) is 6.07 Å². The van der Waals surface area contributed by atoms with E-state index < -0.39 is 16.6 Å². The van der Waals surface area contributed by atoms with Crippen molar-refractivity contribution in [2.75, 3.05) is 11.9 Å². The van der Waals surface area contributed by atoms with Crippen LogP contribution in [0.5, 0.6) is 0 Å². The smallest absolute Gasteiger partial charge is 0.271 e. The number of anilines is 1. The third kappa shape index (κ3) is 1.81. The first-order valence-corrected chi connectivity index (χ1v) is 5.08. The Morgan fingerprint density at radius 2 is 2.29 bits per heavy atom. The lowest BCUT2D eigenvalue weighted by molar-refractivity contribution is -0.384. The number of hydrogen-bond donors (Lipinski definition) is 1. The molecule has 7 heteroatoms. The Labute approximate surface area is 101 Å². The predicted molar refractivity (Wildman–Crippen MR) is 60.0 cm³/mol. The van der Waals surface area contributed by atoms with Crippen molar-refractivity contribution < 1.29 is 9.72 Å². The van der Waals surface area contributed by atoms with Crippen molar-refractivity contribution in [2.24, 2.45) is 5.92 Å². The molecule has 2 rings (SSSR count). The van der Waals surface area contributed by atoms with E-state index in [4.69, 9.17) is 16.9 Å². The fourth-order valence-electron chi connectivity index (χ4n) is 1.66. The molecule has 0 aromatic heterocycles. The summed E-state index contributed by atoms with van der Waals surface area (Å²) in [6.45, 7) is 0.167. The van der Waals surface area contributed by atoms with Gasteiger partial charge in [0.15, 0.2) is 5.78 Å². The monoisotopic (exact) mass is 251 g/mol. The van der Waals surface area contributed by atoms with E-state index in [9.17, 15) is 14.9 Å². The molecule has 0 bridgehead atoms. The Balaban J connectivity index is 2.59. The van der Waals surface area contributed by atoms with Crippen LogP contribution in [0.1, 0.15) is 10.4 Å². The number of nitro benzene ring substituents is 1. The quantitative estimate of drug-likeness (QED) is 0.608. The van der Waals surface area contributed by atoms with Gasteiger partial charge in [-0.3, -0.25) is 14.9 Å². The van der Waals surface area contributed by atoms with E-state index in [0.29, 0.717) is 5.69 Å². The van der Waals surface area contributed by atoms with Crippen LogP contribution in [-0.4, -0.2) is 17.3 Å². The molecule has 1 aliphatic rings.